The summed E-state index contributed by atoms with van der Waals surface area (Å²) in [4.78, 5) is 33.7. The Morgan fingerprint density at radius 1 is 1.47 bits per heavy atom. The standard InChI is InChI=1S/C13H14N2O4/c1-7(16)15-6-8(4-11(14)13(18)19)10-3-2-9(17)5-12(10)15/h2-3,6,11H,4-5,14H2,1H3,(H,18,19). The Labute approximate surface area is 109 Å². The molecule has 1 atom stereocenters. The predicted molar refractivity (Wildman–Crippen MR) is 67.8 cm³/mol. The Morgan fingerprint density at radius 3 is 2.74 bits per heavy atom. The summed E-state index contributed by atoms with van der Waals surface area (Å²) in [7, 11) is 0. The van der Waals surface area contributed by atoms with Gasteiger partial charge in [-0.05, 0) is 23.3 Å². The Morgan fingerprint density at radius 2 is 2.16 bits per heavy atom. The number of nitrogens with zero attached hydrogens (tertiary/aromatic N) is 1. The highest BCUT2D eigenvalue weighted by Crippen LogP contribution is 2.25. The number of allylic oxidation sites excluding steroid dienone is 1. The van der Waals surface area contributed by atoms with Crippen molar-refractivity contribution < 1.29 is 19.5 Å². The highest BCUT2D eigenvalue weighted by molar-refractivity contribution is 5.99. The van der Waals surface area contributed by atoms with Crippen molar-refractivity contribution in [3.63, 3.8) is 0 Å². The molecule has 0 amide bonds. The van der Waals surface area contributed by atoms with Gasteiger partial charge in [-0.15, -0.1) is 0 Å². The number of carbonyl (C=O) groups is 3. The van der Waals surface area contributed by atoms with E-state index in [2.05, 4.69) is 0 Å². The van der Waals surface area contributed by atoms with Crippen LogP contribution in [0.1, 0.15) is 28.5 Å². The molecule has 0 bridgehead atoms. The van der Waals surface area contributed by atoms with Crippen molar-refractivity contribution >= 4 is 23.7 Å². The van der Waals surface area contributed by atoms with Crippen LogP contribution in [-0.4, -0.2) is 33.4 Å². The minimum atomic E-state index is -1.10. The van der Waals surface area contributed by atoms with Crippen molar-refractivity contribution in [1.29, 1.82) is 0 Å². The first-order valence-corrected chi connectivity index (χ1v) is 5.83. The summed E-state index contributed by atoms with van der Waals surface area (Å²) < 4.78 is 1.39. The zero-order chi connectivity index (χ0) is 14.2. The third-order valence-electron chi connectivity index (χ3n) is 3.11. The molecule has 2 rings (SSSR count). The molecule has 0 spiro atoms. The summed E-state index contributed by atoms with van der Waals surface area (Å²) in [6, 6.07) is -1.03. The second-order valence-electron chi connectivity index (χ2n) is 4.53. The topological polar surface area (TPSA) is 102 Å². The zero-order valence-corrected chi connectivity index (χ0v) is 10.4. The lowest BCUT2D eigenvalue weighted by atomic mass is 9.97. The van der Waals surface area contributed by atoms with E-state index in [0.29, 0.717) is 11.3 Å². The van der Waals surface area contributed by atoms with E-state index in [9.17, 15) is 14.4 Å². The molecule has 3 N–H and O–H groups in total. The summed E-state index contributed by atoms with van der Waals surface area (Å²) in [5.41, 5.74) is 7.51. The summed E-state index contributed by atoms with van der Waals surface area (Å²) in [5.74, 6) is -1.39. The predicted octanol–water partition coefficient (Wildman–Crippen LogP) is 0.241. The van der Waals surface area contributed by atoms with Gasteiger partial charge in [0.2, 0.25) is 5.91 Å². The maximum atomic E-state index is 11.5. The lowest BCUT2D eigenvalue weighted by molar-refractivity contribution is -0.138. The maximum Gasteiger partial charge on any atom is 0.320 e. The SMILES string of the molecule is CC(=O)n1cc(CC(N)C(=O)O)c2c1CC(=O)C=C2. The number of carboxylic acid groups (broad SMARTS) is 1. The van der Waals surface area contributed by atoms with Crippen LogP contribution in [0.25, 0.3) is 6.08 Å². The van der Waals surface area contributed by atoms with E-state index >= 15 is 0 Å². The van der Waals surface area contributed by atoms with E-state index in [1.807, 2.05) is 0 Å². The Kier molecular flexibility index (Phi) is 3.35. The third-order valence-corrected chi connectivity index (χ3v) is 3.11. The van der Waals surface area contributed by atoms with Gasteiger partial charge < -0.3 is 10.8 Å². The lowest BCUT2D eigenvalue weighted by Crippen LogP contribution is -2.32. The molecule has 1 aromatic heterocycles. The molecule has 1 aromatic rings. The quantitative estimate of drug-likeness (QED) is 0.812. The number of nitrogens with two attached hydrogens (primary N) is 1. The highest BCUT2D eigenvalue weighted by Gasteiger charge is 2.23. The van der Waals surface area contributed by atoms with E-state index in [1.165, 1.54) is 17.6 Å². The van der Waals surface area contributed by atoms with Gasteiger partial charge in [0.05, 0.1) is 6.42 Å². The molecular formula is C13H14N2O4. The first kappa shape index (κ1) is 13.2. The molecule has 19 heavy (non-hydrogen) atoms. The minimum absolute atomic E-state index is 0.0813. The fourth-order valence-electron chi connectivity index (χ4n) is 2.17. The van der Waals surface area contributed by atoms with Crippen molar-refractivity contribution in [3.8, 4) is 0 Å². The van der Waals surface area contributed by atoms with Crippen LogP contribution in [-0.2, 0) is 22.4 Å². The molecule has 1 aliphatic carbocycles. The molecule has 0 radical (unpaired) electrons. The molecule has 0 aliphatic heterocycles. The molecule has 0 saturated carbocycles. The first-order valence-electron chi connectivity index (χ1n) is 5.83. The van der Waals surface area contributed by atoms with Gasteiger partial charge in [-0.1, -0.05) is 0 Å². The second kappa shape index (κ2) is 4.81. The Bertz CT molecular complexity index is 598. The lowest BCUT2D eigenvalue weighted by Gasteiger charge is -2.10. The van der Waals surface area contributed by atoms with E-state index in [0.717, 1.165) is 5.56 Å². The van der Waals surface area contributed by atoms with Gasteiger partial charge in [-0.2, -0.15) is 0 Å². The second-order valence-corrected chi connectivity index (χ2v) is 4.53. The number of fused-ring (bicyclic) bond motifs is 1. The molecule has 0 aromatic carbocycles. The number of rotatable bonds is 3. The van der Waals surface area contributed by atoms with E-state index in [4.69, 9.17) is 10.8 Å². The summed E-state index contributed by atoms with van der Waals surface area (Å²) in [6.45, 7) is 1.39. The summed E-state index contributed by atoms with van der Waals surface area (Å²) in [6.07, 6.45) is 4.88. The van der Waals surface area contributed by atoms with Gasteiger partial charge in [0.1, 0.15) is 6.04 Å². The van der Waals surface area contributed by atoms with Crippen molar-refractivity contribution in [2.24, 2.45) is 5.73 Å². The largest absolute Gasteiger partial charge is 0.480 e. The van der Waals surface area contributed by atoms with Crippen LogP contribution in [0.15, 0.2) is 12.3 Å². The van der Waals surface area contributed by atoms with Crippen LogP contribution >= 0.6 is 0 Å². The maximum absolute atomic E-state index is 11.5. The monoisotopic (exact) mass is 262 g/mol. The van der Waals surface area contributed by atoms with Gasteiger partial charge in [-0.25, -0.2) is 0 Å². The molecule has 0 fully saturated rings. The first-order chi connectivity index (χ1) is 8.90. The van der Waals surface area contributed by atoms with Gasteiger partial charge >= 0.3 is 5.97 Å². The van der Waals surface area contributed by atoms with Gasteiger partial charge in [0.15, 0.2) is 5.78 Å². The van der Waals surface area contributed by atoms with E-state index in [1.54, 1.807) is 12.3 Å². The molecule has 6 heteroatoms. The summed E-state index contributed by atoms with van der Waals surface area (Å²) >= 11 is 0. The molecule has 1 aliphatic rings. The molecule has 6 nitrogen and oxygen atoms in total. The van der Waals surface area contributed by atoms with Gasteiger partial charge in [0.25, 0.3) is 0 Å². The molecule has 1 heterocycles. The average molecular weight is 262 g/mol. The van der Waals surface area contributed by atoms with Crippen molar-refractivity contribution in [1.82, 2.24) is 4.57 Å². The number of hydrogen-bond donors (Lipinski definition) is 2. The number of carbonyl (C=O) groups excluding carboxylic acids is 2. The van der Waals surface area contributed by atoms with Crippen molar-refractivity contribution in [3.05, 3.63) is 29.1 Å². The molecule has 100 valence electrons. The van der Waals surface area contributed by atoms with Crippen LogP contribution in [0.2, 0.25) is 0 Å². The van der Waals surface area contributed by atoms with E-state index in [-0.39, 0.29) is 24.5 Å². The smallest absolute Gasteiger partial charge is 0.320 e. The molecular weight excluding hydrogens is 248 g/mol. The number of aliphatic carboxylic acids is 1. The van der Waals surface area contributed by atoms with Crippen LogP contribution < -0.4 is 5.73 Å². The highest BCUT2D eigenvalue weighted by atomic mass is 16.4. The Hall–Kier alpha value is -2.21. The fourth-order valence-corrected chi connectivity index (χ4v) is 2.17. The van der Waals surface area contributed by atoms with Crippen molar-refractivity contribution in [2.45, 2.75) is 25.8 Å². The van der Waals surface area contributed by atoms with Gasteiger partial charge in [0, 0.05) is 25.2 Å². The average Bonchev–Trinajstić information content (AvgIpc) is 2.67. The zero-order valence-electron chi connectivity index (χ0n) is 10.4. The van der Waals surface area contributed by atoms with Crippen molar-refractivity contribution in [2.75, 3.05) is 0 Å². The van der Waals surface area contributed by atoms with Crippen LogP contribution in [0, 0.1) is 0 Å². The Balaban J connectivity index is 2.45. The van der Waals surface area contributed by atoms with E-state index < -0.39 is 12.0 Å². The third kappa shape index (κ3) is 2.48. The van der Waals surface area contributed by atoms with Crippen LogP contribution in [0.3, 0.4) is 0 Å². The molecule has 0 saturated heterocycles. The normalized spacial score (nSPS) is 15.2. The van der Waals surface area contributed by atoms with Crippen LogP contribution in [0.4, 0.5) is 0 Å². The minimum Gasteiger partial charge on any atom is -0.480 e. The fraction of sp³-hybridized carbons (Fsp3) is 0.308. The number of aromatic nitrogens is 1. The molecule has 1 unspecified atom stereocenters. The van der Waals surface area contributed by atoms with Crippen LogP contribution in [0.5, 0.6) is 0 Å². The van der Waals surface area contributed by atoms with Gasteiger partial charge in [-0.3, -0.25) is 19.0 Å². The number of ketones is 1. The number of carboxylic acids is 1. The number of hydrogen-bond acceptors (Lipinski definition) is 4. The summed E-state index contributed by atoms with van der Waals surface area (Å²) in [5, 5.41) is 8.83.